The minimum absolute atomic E-state index is 0.649. The molecule has 0 unspecified atom stereocenters. The Morgan fingerprint density at radius 3 is 2.16 bits per heavy atom. The van der Waals surface area contributed by atoms with Crippen LogP contribution >= 0.6 is 0 Å². The lowest BCUT2D eigenvalue weighted by Crippen LogP contribution is -1.99. The summed E-state index contributed by atoms with van der Waals surface area (Å²) in [4.78, 5) is 13.3. The number of pyridine rings is 1. The number of aryl methyl sites for hydroxylation is 1. The lowest BCUT2D eigenvalue weighted by Gasteiger charge is -2.06. The molecule has 0 saturated carbocycles. The van der Waals surface area contributed by atoms with Crippen LogP contribution < -0.4 is 4.74 Å². The molecule has 2 heterocycles. The van der Waals surface area contributed by atoms with Gasteiger partial charge in [0.1, 0.15) is 5.69 Å². The van der Waals surface area contributed by atoms with Gasteiger partial charge in [-0.2, -0.15) is 0 Å². The molecule has 0 aliphatic rings. The normalized spacial score (nSPS) is 10.8. The number of hydrogen-bond acceptors (Lipinski definition) is 4. The molecule has 0 saturated heterocycles. The van der Waals surface area contributed by atoms with Gasteiger partial charge in [-0.1, -0.05) is 58.4 Å². The van der Waals surface area contributed by atoms with Gasteiger partial charge in [0.05, 0.1) is 19.0 Å². The number of nitrogens with zero attached hydrogens (tertiary/aromatic N) is 3. The van der Waals surface area contributed by atoms with E-state index in [4.69, 9.17) is 4.74 Å². The Kier molecular flexibility index (Phi) is 8.95. The van der Waals surface area contributed by atoms with Crippen molar-refractivity contribution in [2.75, 3.05) is 6.61 Å². The molecule has 0 N–H and O–H groups in total. The SMILES string of the molecule is CCCCCCCOc1cnc(-c2ccc(CCCCC)cn2)nc1. The first kappa shape index (κ1) is 19.4. The third kappa shape index (κ3) is 7.20. The van der Waals surface area contributed by atoms with Crippen LogP contribution in [0.4, 0.5) is 0 Å². The monoisotopic (exact) mass is 341 g/mol. The van der Waals surface area contributed by atoms with Crippen LogP contribution in [-0.2, 0) is 6.42 Å². The van der Waals surface area contributed by atoms with Crippen molar-refractivity contribution in [1.29, 1.82) is 0 Å². The summed E-state index contributed by atoms with van der Waals surface area (Å²) in [5.41, 5.74) is 2.09. The number of hydrogen-bond donors (Lipinski definition) is 0. The van der Waals surface area contributed by atoms with E-state index in [1.54, 1.807) is 12.4 Å². The minimum Gasteiger partial charge on any atom is -0.490 e. The molecule has 2 aromatic heterocycles. The summed E-state index contributed by atoms with van der Waals surface area (Å²) < 4.78 is 5.71. The summed E-state index contributed by atoms with van der Waals surface area (Å²) in [6, 6.07) is 4.13. The van der Waals surface area contributed by atoms with Gasteiger partial charge < -0.3 is 4.74 Å². The van der Waals surface area contributed by atoms with Gasteiger partial charge in [0.25, 0.3) is 0 Å². The molecule has 0 aromatic carbocycles. The molecule has 136 valence electrons. The van der Waals surface area contributed by atoms with Crippen molar-refractivity contribution in [3.05, 3.63) is 36.3 Å². The maximum atomic E-state index is 5.71. The van der Waals surface area contributed by atoms with Crippen molar-refractivity contribution >= 4 is 0 Å². The quantitative estimate of drug-likeness (QED) is 0.470. The van der Waals surface area contributed by atoms with Crippen molar-refractivity contribution in [2.24, 2.45) is 0 Å². The van der Waals surface area contributed by atoms with E-state index in [2.05, 4.69) is 34.9 Å². The fourth-order valence-electron chi connectivity index (χ4n) is 2.70. The van der Waals surface area contributed by atoms with E-state index >= 15 is 0 Å². The van der Waals surface area contributed by atoms with Crippen molar-refractivity contribution in [2.45, 2.75) is 71.6 Å². The number of ether oxygens (including phenoxy) is 1. The van der Waals surface area contributed by atoms with Crippen LogP contribution in [0.5, 0.6) is 5.75 Å². The third-order valence-corrected chi connectivity index (χ3v) is 4.27. The highest BCUT2D eigenvalue weighted by Crippen LogP contribution is 2.16. The highest BCUT2D eigenvalue weighted by atomic mass is 16.5. The molecule has 25 heavy (non-hydrogen) atoms. The van der Waals surface area contributed by atoms with Crippen molar-refractivity contribution < 1.29 is 4.74 Å². The molecule has 2 aromatic rings. The van der Waals surface area contributed by atoms with Gasteiger partial charge in [-0.05, 0) is 30.9 Å². The predicted molar refractivity (Wildman–Crippen MR) is 103 cm³/mol. The number of aromatic nitrogens is 3. The molecule has 0 fully saturated rings. The zero-order valence-electron chi connectivity index (χ0n) is 15.7. The van der Waals surface area contributed by atoms with E-state index in [-0.39, 0.29) is 0 Å². The van der Waals surface area contributed by atoms with Gasteiger partial charge in [-0.25, -0.2) is 9.97 Å². The fraction of sp³-hybridized carbons (Fsp3) is 0.571. The Labute approximate surface area is 152 Å². The molecule has 0 radical (unpaired) electrons. The van der Waals surface area contributed by atoms with E-state index < -0.39 is 0 Å². The average molecular weight is 341 g/mol. The fourth-order valence-corrected chi connectivity index (χ4v) is 2.70. The second-order valence-electron chi connectivity index (χ2n) is 6.51. The molecule has 4 nitrogen and oxygen atoms in total. The van der Waals surface area contributed by atoms with Gasteiger partial charge in [-0.3, -0.25) is 4.98 Å². The van der Waals surface area contributed by atoms with E-state index in [9.17, 15) is 0 Å². The van der Waals surface area contributed by atoms with Gasteiger partial charge >= 0.3 is 0 Å². The van der Waals surface area contributed by atoms with Crippen molar-refractivity contribution in [3.8, 4) is 17.3 Å². The zero-order valence-corrected chi connectivity index (χ0v) is 15.7. The van der Waals surface area contributed by atoms with E-state index in [0.29, 0.717) is 5.82 Å². The summed E-state index contributed by atoms with van der Waals surface area (Å²) in [6.45, 7) is 5.18. The van der Waals surface area contributed by atoms with Gasteiger partial charge in [-0.15, -0.1) is 0 Å². The topological polar surface area (TPSA) is 47.9 Å². The average Bonchev–Trinajstić information content (AvgIpc) is 2.66. The molecule has 0 amide bonds. The Hall–Kier alpha value is -1.97. The lowest BCUT2D eigenvalue weighted by molar-refractivity contribution is 0.302. The first-order valence-electron chi connectivity index (χ1n) is 9.73. The summed E-state index contributed by atoms with van der Waals surface area (Å²) in [5, 5.41) is 0. The smallest absolute Gasteiger partial charge is 0.178 e. The van der Waals surface area contributed by atoms with Crippen LogP contribution in [-0.4, -0.2) is 21.6 Å². The second-order valence-corrected chi connectivity index (χ2v) is 6.51. The summed E-state index contributed by atoms with van der Waals surface area (Å²) in [7, 11) is 0. The van der Waals surface area contributed by atoms with Gasteiger partial charge in [0, 0.05) is 6.20 Å². The van der Waals surface area contributed by atoms with Crippen LogP contribution in [0.25, 0.3) is 11.5 Å². The minimum atomic E-state index is 0.649. The van der Waals surface area contributed by atoms with Gasteiger partial charge in [0.2, 0.25) is 0 Å². The summed E-state index contributed by atoms with van der Waals surface area (Å²) >= 11 is 0. The zero-order chi connectivity index (χ0) is 17.7. The highest BCUT2D eigenvalue weighted by Gasteiger charge is 2.04. The molecule has 0 spiro atoms. The molecule has 0 bridgehead atoms. The van der Waals surface area contributed by atoms with Crippen LogP contribution in [0.3, 0.4) is 0 Å². The molecular formula is C21H31N3O. The van der Waals surface area contributed by atoms with Crippen LogP contribution in [0.15, 0.2) is 30.7 Å². The van der Waals surface area contributed by atoms with Gasteiger partial charge in [0.15, 0.2) is 11.6 Å². The molecule has 2 rings (SSSR count). The Bertz CT molecular complexity index is 581. The van der Waals surface area contributed by atoms with E-state index in [0.717, 1.165) is 30.9 Å². The third-order valence-electron chi connectivity index (χ3n) is 4.27. The molecule has 0 atom stereocenters. The highest BCUT2D eigenvalue weighted by molar-refractivity contribution is 5.49. The van der Waals surface area contributed by atoms with Crippen molar-refractivity contribution in [1.82, 2.24) is 15.0 Å². The van der Waals surface area contributed by atoms with Crippen LogP contribution in [0.1, 0.15) is 70.8 Å². The summed E-state index contributed by atoms with van der Waals surface area (Å²) in [6.07, 6.45) is 16.4. The lowest BCUT2D eigenvalue weighted by atomic mass is 10.1. The first-order chi connectivity index (χ1) is 12.3. The van der Waals surface area contributed by atoms with Crippen LogP contribution in [0, 0.1) is 0 Å². The first-order valence-corrected chi connectivity index (χ1v) is 9.73. The van der Waals surface area contributed by atoms with Crippen LogP contribution in [0.2, 0.25) is 0 Å². The Morgan fingerprint density at radius 2 is 1.48 bits per heavy atom. The van der Waals surface area contributed by atoms with E-state index in [1.165, 1.54) is 50.5 Å². The maximum Gasteiger partial charge on any atom is 0.178 e. The molecule has 0 aliphatic carbocycles. The Balaban J connectivity index is 1.79. The predicted octanol–water partition coefficient (Wildman–Crippen LogP) is 5.62. The summed E-state index contributed by atoms with van der Waals surface area (Å²) in [5.74, 6) is 1.38. The van der Waals surface area contributed by atoms with E-state index in [1.807, 2.05) is 12.3 Å². The second kappa shape index (κ2) is 11.6. The molecular weight excluding hydrogens is 310 g/mol. The largest absolute Gasteiger partial charge is 0.490 e. The molecule has 4 heteroatoms. The maximum absolute atomic E-state index is 5.71. The number of unbranched alkanes of at least 4 members (excludes halogenated alkanes) is 6. The van der Waals surface area contributed by atoms with Crippen molar-refractivity contribution in [3.63, 3.8) is 0 Å². The number of rotatable bonds is 12. The molecule has 0 aliphatic heterocycles. The standard InChI is InChI=1S/C21H31N3O/c1-3-5-7-8-10-14-25-19-16-23-21(24-17-19)20-13-12-18(15-22-20)11-9-6-4-2/h12-13,15-17H,3-11,14H2,1-2H3. The Morgan fingerprint density at radius 1 is 0.760 bits per heavy atom.